The summed E-state index contributed by atoms with van der Waals surface area (Å²) < 4.78 is 0. The third kappa shape index (κ3) is 1.52. The Balaban J connectivity index is 1.85. The molecule has 0 spiro atoms. The lowest BCUT2D eigenvalue weighted by atomic mass is 9.89. The second-order valence-corrected chi connectivity index (χ2v) is 5.56. The maximum absolute atomic E-state index is 5.66. The number of hydrogen-bond acceptors (Lipinski definition) is 1. The van der Waals surface area contributed by atoms with Crippen LogP contribution in [0, 0.1) is 23.2 Å². The van der Waals surface area contributed by atoms with Gasteiger partial charge in [0.25, 0.3) is 0 Å². The highest BCUT2D eigenvalue weighted by Crippen LogP contribution is 2.54. The van der Waals surface area contributed by atoms with Crippen LogP contribution in [0.25, 0.3) is 0 Å². The van der Waals surface area contributed by atoms with E-state index in [9.17, 15) is 0 Å². The van der Waals surface area contributed by atoms with Gasteiger partial charge in [-0.15, -0.1) is 0 Å². The SMILES string of the molecule is CC1(C)CCC([C@@H]2C[C@H]2CN)C1. The van der Waals surface area contributed by atoms with Crippen molar-refractivity contribution in [1.82, 2.24) is 0 Å². The van der Waals surface area contributed by atoms with Gasteiger partial charge in [0.05, 0.1) is 0 Å². The normalized spacial score (nSPS) is 44.8. The molecule has 0 saturated heterocycles. The summed E-state index contributed by atoms with van der Waals surface area (Å²) in [7, 11) is 0. The van der Waals surface area contributed by atoms with Gasteiger partial charge in [-0.2, -0.15) is 0 Å². The fourth-order valence-corrected chi connectivity index (χ4v) is 2.97. The van der Waals surface area contributed by atoms with Gasteiger partial charge in [-0.3, -0.25) is 0 Å². The quantitative estimate of drug-likeness (QED) is 0.671. The van der Waals surface area contributed by atoms with Crippen molar-refractivity contribution in [1.29, 1.82) is 0 Å². The zero-order valence-electron chi connectivity index (χ0n) is 8.34. The van der Waals surface area contributed by atoms with Gasteiger partial charge >= 0.3 is 0 Å². The second-order valence-electron chi connectivity index (χ2n) is 5.56. The Bertz CT molecular complexity index is 174. The smallest absolute Gasteiger partial charge is 0.00460 e. The van der Waals surface area contributed by atoms with Crippen LogP contribution in [0.5, 0.6) is 0 Å². The molecule has 0 bridgehead atoms. The number of hydrogen-bond donors (Lipinski definition) is 1. The average Bonchev–Trinajstić information content (AvgIpc) is 2.70. The average molecular weight is 167 g/mol. The van der Waals surface area contributed by atoms with E-state index < -0.39 is 0 Å². The van der Waals surface area contributed by atoms with Crippen molar-refractivity contribution in [2.75, 3.05) is 6.54 Å². The molecule has 12 heavy (non-hydrogen) atoms. The van der Waals surface area contributed by atoms with Crippen LogP contribution in [0.4, 0.5) is 0 Å². The van der Waals surface area contributed by atoms with Crippen LogP contribution in [0.1, 0.15) is 39.5 Å². The number of nitrogens with two attached hydrogens (primary N) is 1. The Kier molecular flexibility index (Phi) is 1.95. The second kappa shape index (κ2) is 2.73. The van der Waals surface area contributed by atoms with Gasteiger partial charge in [0.15, 0.2) is 0 Å². The van der Waals surface area contributed by atoms with Gasteiger partial charge < -0.3 is 5.73 Å². The summed E-state index contributed by atoms with van der Waals surface area (Å²) in [6.45, 7) is 5.75. The molecule has 0 aliphatic heterocycles. The van der Waals surface area contributed by atoms with Crippen LogP contribution in [0.2, 0.25) is 0 Å². The first-order valence-electron chi connectivity index (χ1n) is 5.32. The molecule has 0 aromatic carbocycles. The molecule has 0 heterocycles. The summed E-state index contributed by atoms with van der Waals surface area (Å²) >= 11 is 0. The zero-order chi connectivity index (χ0) is 8.77. The molecule has 0 amide bonds. The van der Waals surface area contributed by atoms with E-state index in [0.717, 1.165) is 24.3 Å². The van der Waals surface area contributed by atoms with Crippen molar-refractivity contribution < 1.29 is 0 Å². The largest absolute Gasteiger partial charge is 0.330 e. The summed E-state index contributed by atoms with van der Waals surface area (Å²) in [5, 5.41) is 0. The molecule has 2 saturated carbocycles. The van der Waals surface area contributed by atoms with Crippen molar-refractivity contribution in [2.45, 2.75) is 39.5 Å². The van der Waals surface area contributed by atoms with Gasteiger partial charge in [-0.05, 0) is 55.4 Å². The minimum Gasteiger partial charge on any atom is -0.330 e. The Labute approximate surface area is 75.7 Å². The van der Waals surface area contributed by atoms with Gasteiger partial charge in [0.2, 0.25) is 0 Å². The van der Waals surface area contributed by atoms with E-state index in [2.05, 4.69) is 13.8 Å². The fourth-order valence-electron chi connectivity index (χ4n) is 2.97. The van der Waals surface area contributed by atoms with E-state index in [0.29, 0.717) is 5.41 Å². The molecular formula is C11H21N. The first-order chi connectivity index (χ1) is 5.62. The van der Waals surface area contributed by atoms with E-state index in [-0.39, 0.29) is 0 Å². The predicted octanol–water partition coefficient (Wildman–Crippen LogP) is 2.41. The maximum Gasteiger partial charge on any atom is -0.00460 e. The van der Waals surface area contributed by atoms with Crippen molar-refractivity contribution in [2.24, 2.45) is 28.9 Å². The molecule has 0 radical (unpaired) electrons. The molecule has 2 aliphatic rings. The van der Waals surface area contributed by atoms with E-state index in [1.165, 1.54) is 25.7 Å². The molecule has 1 unspecified atom stereocenters. The van der Waals surface area contributed by atoms with E-state index >= 15 is 0 Å². The Morgan fingerprint density at radius 3 is 2.58 bits per heavy atom. The summed E-state index contributed by atoms with van der Waals surface area (Å²) in [6.07, 6.45) is 5.78. The lowest BCUT2D eigenvalue weighted by Gasteiger charge is -2.16. The molecule has 2 rings (SSSR count). The topological polar surface area (TPSA) is 26.0 Å². The minimum atomic E-state index is 0.631. The zero-order valence-corrected chi connectivity index (χ0v) is 8.34. The summed E-state index contributed by atoms with van der Waals surface area (Å²) in [4.78, 5) is 0. The lowest BCUT2D eigenvalue weighted by Crippen LogP contribution is -2.09. The van der Waals surface area contributed by atoms with Crippen LogP contribution in [-0.4, -0.2) is 6.54 Å². The monoisotopic (exact) mass is 167 g/mol. The molecule has 1 nitrogen and oxygen atoms in total. The molecule has 3 atom stereocenters. The third-order valence-corrected chi connectivity index (χ3v) is 3.89. The van der Waals surface area contributed by atoms with Crippen molar-refractivity contribution in [3.63, 3.8) is 0 Å². The van der Waals surface area contributed by atoms with Crippen LogP contribution in [0.15, 0.2) is 0 Å². The highest BCUT2D eigenvalue weighted by atomic mass is 14.6. The van der Waals surface area contributed by atoms with E-state index in [1.807, 2.05) is 0 Å². The molecule has 0 aromatic heterocycles. The van der Waals surface area contributed by atoms with Gasteiger partial charge in [-0.25, -0.2) is 0 Å². The van der Waals surface area contributed by atoms with Crippen molar-refractivity contribution >= 4 is 0 Å². The number of rotatable bonds is 2. The summed E-state index contributed by atoms with van der Waals surface area (Å²) in [5.41, 5.74) is 6.29. The van der Waals surface area contributed by atoms with Gasteiger partial charge in [-0.1, -0.05) is 13.8 Å². The first-order valence-corrected chi connectivity index (χ1v) is 5.32. The predicted molar refractivity (Wildman–Crippen MR) is 51.8 cm³/mol. The lowest BCUT2D eigenvalue weighted by molar-refractivity contribution is 0.342. The molecule has 1 heteroatoms. The highest BCUT2D eigenvalue weighted by molar-refractivity contribution is 4.96. The van der Waals surface area contributed by atoms with E-state index in [1.54, 1.807) is 0 Å². The van der Waals surface area contributed by atoms with Gasteiger partial charge in [0.1, 0.15) is 0 Å². The summed E-state index contributed by atoms with van der Waals surface area (Å²) in [5.74, 6) is 2.93. The first kappa shape index (κ1) is 8.55. The maximum atomic E-state index is 5.66. The van der Waals surface area contributed by atoms with E-state index in [4.69, 9.17) is 5.73 Å². The fraction of sp³-hybridized carbons (Fsp3) is 1.00. The Morgan fingerprint density at radius 2 is 2.17 bits per heavy atom. The Morgan fingerprint density at radius 1 is 1.42 bits per heavy atom. The molecular weight excluding hydrogens is 146 g/mol. The van der Waals surface area contributed by atoms with Gasteiger partial charge in [0, 0.05) is 0 Å². The highest BCUT2D eigenvalue weighted by Gasteiger charge is 2.45. The molecule has 70 valence electrons. The Hall–Kier alpha value is -0.0400. The summed E-state index contributed by atoms with van der Waals surface area (Å²) in [6, 6.07) is 0. The van der Waals surface area contributed by atoms with Crippen molar-refractivity contribution in [3.8, 4) is 0 Å². The molecule has 2 N–H and O–H groups in total. The van der Waals surface area contributed by atoms with Crippen LogP contribution < -0.4 is 5.73 Å². The molecule has 2 fully saturated rings. The standard InChI is InChI=1S/C11H21N/c1-11(2)4-3-8(6-11)10-5-9(10)7-12/h8-10H,3-7,12H2,1-2H3/t8?,9-,10-/m0/s1. The van der Waals surface area contributed by atoms with Crippen LogP contribution >= 0.6 is 0 Å². The van der Waals surface area contributed by atoms with Crippen LogP contribution in [-0.2, 0) is 0 Å². The van der Waals surface area contributed by atoms with Crippen molar-refractivity contribution in [3.05, 3.63) is 0 Å². The third-order valence-electron chi connectivity index (χ3n) is 3.89. The minimum absolute atomic E-state index is 0.631. The van der Waals surface area contributed by atoms with Crippen LogP contribution in [0.3, 0.4) is 0 Å². The molecule has 2 aliphatic carbocycles. The molecule has 0 aromatic rings.